The van der Waals surface area contributed by atoms with Crippen molar-refractivity contribution in [3.63, 3.8) is 0 Å². The van der Waals surface area contributed by atoms with Gasteiger partial charge in [-0.05, 0) is 33.6 Å². The first-order chi connectivity index (χ1) is 9.37. The van der Waals surface area contributed by atoms with E-state index >= 15 is 0 Å². The Morgan fingerprint density at radius 1 is 1.20 bits per heavy atom. The SMILES string of the molecule is CCN(C(=O)N1CCN(C2CC2)CC1)C(C)(C)C(=O)O. The maximum atomic E-state index is 12.5. The molecule has 2 aliphatic rings. The number of hydrogen-bond acceptors (Lipinski definition) is 3. The number of aliphatic carboxylic acids is 1. The van der Waals surface area contributed by atoms with Crippen molar-refractivity contribution in [2.45, 2.75) is 45.2 Å². The molecule has 0 spiro atoms. The van der Waals surface area contributed by atoms with E-state index in [1.54, 1.807) is 18.7 Å². The van der Waals surface area contributed by atoms with Crippen molar-refractivity contribution < 1.29 is 14.7 Å². The molecule has 20 heavy (non-hydrogen) atoms. The van der Waals surface area contributed by atoms with E-state index in [0.717, 1.165) is 19.1 Å². The Kier molecular flexibility index (Phi) is 4.22. The van der Waals surface area contributed by atoms with Gasteiger partial charge in [0.15, 0.2) is 0 Å². The number of rotatable bonds is 4. The fraction of sp³-hybridized carbons (Fsp3) is 0.857. The summed E-state index contributed by atoms with van der Waals surface area (Å²) in [5.41, 5.74) is -1.17. The Morgan fingerprint density at radius 2 is 1.75 bits per heavy atom. The molecule has 1 saturated carbocycles. The normalized spacial score (nSPS) is 20.9. The van der Waals surface area contributed by atoms with E-state index in [4.69, 9.17) is 0 Å². The third kappa shape index (κ3) is 2.90. The number of carbonyl (C=O) groups excluding carboxylic acids is 1. The fourth-order valence-electron chi connectivity index (χ4n) is 2.77. The van der Waals surface area contributed by atoms with Crippen LogP contribution < -0.4 is 0 Å². The maximum Gasteiger partial charge on any atom is 0.329 e. The molecule has 6 nitrogen and oxygen atoms in total. The highest BCUT2D eigenvalue weighted by atomic mass is 16.4. The number of likely N-dealkylation sites (N-methyl/N-ethyl adjacent to an activating group) is 1. The van der Waals surface area contributed by atoms with Crippen LogP contribution in [0.1, 0.15) is 33.6 Å². The van der Waals surface area contributed by atoms with Crippen LogP contribution in [0.5, 0.6) is 0 Å². The van der Waals surface area contributed by atoms with Crippen molar-refractivity contribution in [1.82, 2.24) is 14.7 Å². The molecule has 0 aromatic rings. The molecule has 1 aliphatic heterocycles. The molecule has 2 amide bonds. The minimum absolute atomic E-state index is 0.157. The Balaban J connectivity index is 1.97. The molecule has 0 unspecified atom stereocenters. The zero-order valence-electron chi connectivity index (χ0n) is 12.6. The lowest BCUT2D eigenvalue weighted by atomic mass is 10.0. The fourth-order valence-corrected chi connectivity index (χ4v) is 2.77. The summed E-state index contributed by atoms with van der Waals surface area (Å²) in [6.07, 6.45) is 2.56. The summed E-state index contributed by atoms with van der Waals surface area (Å²) in [6.45, 7) is 8.59. The summed E-state index contributed by atoms with van der Waals surface area (Å²) in [6, 6.07) is 0.570. The minimum atomic E-state index is -1.17. The summed E-state index contributed by atoms with van der Waals surface area (Å²) in [5.74, 6) is -0.968. The van der Waals surface area contributed by atoms with Crippen molar-refractivity contribution in [3.05, 3.63) is 0 Å². The van der Waals surface area contributed by atoms with Crippen LogP contribution >= 0.6 is 0 Å². The third-order valence-corrected chi connectivity index (χ3v) is 4.39. The van der Waals surface area contributed by atoms with Crippen molar-refractivity contribution in [3.8, 4) is 0 Å². The first kappa shape index (κ1) is 15.1. The molecular weight excluding hydrogens is 258 g/mol. The van der Waals surface area contributed by atoms with Gasteiger partial charge in [-0.1, -0.05) is 0 Å². The largest absolute Gasteiger partial charge is 0.480 e. The Bertz CT molecular complexity index is 385. The number of carbonyl (C=O) groups is 2. The summed E-state index contributed by atoms with van der Waals surface area (Å²) in [5, 5.41) is 9.29. The van der Waals surface area contributed by atoms with Gasteiger partial charge < -0.3 is 14.9 Å². The number of amides is 2. The third-order valence-electron chi connectivity index (χ3n) is 4.39. The van der Waals surface area contributed by atoms with Gasteiger partial charge in [-0.25, -0.2) is 9.59 Å². The lowest BCUT2D eigenvalue weighted by Gasteiger charge is -2.41. The smallest absolute Gasteiger partial charge is 0.329 e. The van der Waals surface area contributed by atoms with E-state index in [9.17, 15) is 14.7 Å². The average molecular weight is 283 g/mol. The highest BCUT2D eigenvalue weighted by molar-refractivity contribution is 5.85. The van der Waals surface area contributed by atoms with E-state index in [2.05, 4.69) is 4.90 Å². The van der Waals surface area contributed by atoms with Crippen LogP contribution in [-0.2, 0) is 4.79 Å². The molecule has 0 atom stereocenters. The van der Waals surface area contributed by atoms with E-state index in [-0.39, 0.29) is 6.03 Å². The van der Waals surface area contributed by atoms with Gasteiger partial charge >= 0.3 is 12.0 Å². The van der Waals surface area contributed by atoms with E-state index < -0.39 is 11.5 Å². The van der Waals surface area contributed by atoms with Gasteiger partial charge in [-0.3, -0.25) is 4.90 Å². The molecule has 0 bridgehead atoms. The van der Waals surface area contributed by atoms with Gasteiger partial charge in [0.25, 0.3) is 0 Å². The van der Waals surface area contributed by atoms with Crippen LogP contribution in [0.2, 0.25) is 0 Å². The molecule has 114 valence electrons. The molecule has 1 N–H and O–H groups in total. The number of urea groups is 1. The second kappa shape index (κ2) is 5.60. The summed E-state index contributed by atoms with van der Waals surface area (Å²) >= 11 is 0. The van der Waals surface area contributed by atoms with Crippen LogP contribution in [-0.4, -0.2) is 76.1 Å². The van der Waals surface area contributed by atoms with E-state index in [1.807, 2.05) is 6.92 Å². The highest BCUT2D eigenvalue weighted by Crippen LogP contribution is 2.28. The first-order valence-corrected chi connectivity index (χ1v) is 7.42. The van der Waals surface area contributed by atoms with Gasteiger partial charge in [0.05, 0.1) is 0 Å². The van der Waals surface area contributed by atoms with E-state index in [1.165, 1.54) is 17.7 Å². The predicted molar refractivity (Wildman–Crippen MR) is 75.7 cm³/mol. The molecule has 0 aromatic carbocycles. The standard InChI is InChI=1S/C14H25N3O3/c1-4-17(14(2,3)12(18)19)13(20)16-9-7-15(8-10-16)11-5-6-11/h11H,4-10H2,1-3H3,(H,18,19). The van der Waals surface area contributed by atoms with Crippen molar-refractivity contribution >= 4 is 12.0 Å². The first-order valence-electron chi connectivity index (χ1n) is 7.42. The average Bonchev–Trinajstić information content (AvgIpc) is 3.23. The van der Waals surface area contributed by atoms with Crippen molar-refractivity contribution in [1.29, 1.82) is 0 Å². The number of nitrogens with zero attached hydrogens (tertiary/aromatic N) is 3. The second-order valence-electron chi connectivity index (χ2n) is 6.15. The van der Waals surface area contributed by atoms with Gasteiger partial charge in [0, 0.05) is 38.8 Å². The van der Waals surface area contributed by atoms with Crippen LogP contribution in [0.25, 0.3) is 0 Å². The molecule has 6 heteroatoms. The topological polar surface area (TPSA) is 64.1 Å². The molecule has 1 heterocycles. The minimum Gasteiger partial charge on any atom is -0.480 e. The summed E-state index contributed by atoms with van der Waals surface area (Å²) < 4.78 is 0. The Morgan fingerprint density at radius 3 is 2.15 bits per heavy atom. The van der Waals surface area contributed by atoms with Gasteiger partial charge in [0.1, 0.15) is 5.54 Å². The maximum absolute atomic E-state index is 12.5. The predicted octanol–water partition coefficient (Wildman–Crippen LogP) is 1.07. The number of piperazine rings is 1. The molecule has 1 aliphatic carbocycles. The number of carboxylic acids is 1. The molecule has 0 radical (unpaired) electrons. The van der Waals surface area contributed by atoms with Crippen LogP contribution in [0.4, 0.5) is 4.79 Å². The summed E-state index contributed by atoms with van der Waals surface area (Å²) in [7, 11) is 0. The number of hydrogen-bond donors (Lipinski definition) is 1. The van der Waals surface area contributed by atoms with Crippen LogP contribution in [0.3, 0.4) is 0 Å². The van der Waals surface area contributed by atoms with Crippen LogP contribution in [0, 0.1) is 0 Å². The Hall–Kier alpha value is -1.30. The van der Waals surface area contributed by atoms with E-state index in [0.29, 0.717) is 19.6 Å². The lowest BCUT2D eigenvalue weighted by molar-refractivity contribution is -0.147. The monoisotopic (exact) mass is 283 g/mol. The Labute approximate surface area is 120 Å². The lowest BCUT2D eigenvalue weighted by Crippen LogP contribution is -2.60. The van der Waals surface area contributed by atoms with Gasteiger partial charge in [-0.2, -0.15) is 0 Å². The molecular formula is C14H25N3O3. The molecule has 2 rings (SSSR count). The highest BCUT2D eigenvalue weighted by Gasteiger charge is 2.40. The van der Waals surface area contributed by atoms with Gasteiger partial charge in [0.2, 0.25) is 0 Å². The molecule has 1 saturated heterocycles. The summed E-state index contributed by atoms with van der Waals surface area (Å²) in [4.78, 5) is 29.5. The van der Waals surface area contributed by atoms with Gasteiger partial charge in [-0.15, -0.1) is 0 Å². The molecule has 2 fully saturated rings. The zero-order valence-corrected chi connectivity index (χ0v) is 12.6. The van der Waals surface area contributed by atoms with Crippen molar-refractivity contribution in [2.24, 2.45) is 0 Å². The zero-order chi connectivity index (χ0) is 14.9. The van der Waals surface area contributed by atoms with Crippen molar-refractivity contribution in [2.75, 3.05) is 32.7 Å². The molecule has 0 aromatic heterocycles. The number of carboxylic acid groups (broad SMARTS) is 1. The second-order valence-corrected chi connectivity index (χ2v) is 6.15. The quantitative estimate of drug-likeness (QED) is 0.838. The van der Waals surface area contributed by atoms with Crippen LogP contribution in [0.15, 0.2) is 0 Å².